The maximum atomic E-state index is 3.50. The second-order valence-electron chi connectivity index (χ2n) is 6.43. The van der Waals surface area contributed by atoms with Gasteiger partial charge in [0.15, 0.2) is 0 Å². The summed E-state index contributed by atoms with van der Waals surface area (Å²) in [6, 6.07) is 8.15. The fraction of sp³-hybridized carbons (Fsp3) is 0.667. The highest BCUT2D eigenvalue weighted by atomic mass is 15.2. The molecule has 0 aromatic heterocycles. The highest BCUT2D eigenvalue weighted by Gasteiger charge is 2.19. The number of aryl methyl sites for hydroxylation is 2. The van der Waals surface area contributed by atoms with Crippen molar-refractivity contribution in [2.24, 2.45) is 0 Å². The fourth-order valence-electron chi connectivity index (χ4n) is 3.47. The van der Waals surface area contributed by atoms with Gasteiger partial charge in [-0.15, -0.1) is 0 Å². The van der Waals surface area contributed by atoms with Gasteiger partial charge >= 0.3 is 0 Å². The molecular weight excluding hydrogens is 244 g/mol. The summed E-state index contributed by atoms with van der Waals surface area (Å²) in [5.74, 6) is 0. The summed E-state index contributed by atoms with van der Waals surface area (Å²) in [5.41, 5.74) is 4.17. The van der Waals surface area contributed by atoms with Crippen LogP contribution in [0.25, 0.3) is 0 Å². The lowest BCUT2D eigenvalue weighted by molar-refractivity contribution is 0.154. The Labute approximate surface area is 124 Å². The number of rotatable bonds is 5. The summed E-state index contributed by atoms with van der Waals surface area (Å²) in [7, 11) is 2.09. The standard InChI is InChI=1S/C18H30N2/c1-14-11-15(2)13-17(12-14)18(19-4)8-10-20-9-6-5-7-16(20)3/h11-13,16,18-19H,5-10H2,1-4H3. The second-order valence-corrected chi connectivity index (χ2v) is 6.43. The van der Waals surface area contributed by atoms with Crippen LogP contribution in [0.4, 0.5) is 0 Å². The van der Waals surface area contributed by atoms with Crippen molar-refractivity contribution in [1.82, 2.24) is 10.2 Å². The van der Waals surface area contributed by atoms with Crippen LogP contribution in [0.2, 0.25) is 0 Å². The summed E-state index contributed by atoms with van der Waals surface area (Å²) in [6.07, 6.45) is 5.35. The van der Waals surface area contributed by atoms with E-state index in [0.717, 1.165) is 6.04 Å². The van der Waals surface area contributed by atoms with E-state index in [0.29, 0.717) is 6.04 Å². The smallest absolute Gasteiger partial charge is 0.0329 e. The number of nitrogens with zero attached hydrogens (tertiary/aromatic N) is 1. The van der Waals surface area contributed by atoms with Gasteiger partial charge in [0.1, 0.15) is 0 Å². The third-order valence-corrected chi connectivity index (χ3v) is 4.64. The lowest BCUT2D eigenvalue weighted by Gasteiger charge is -2.34. The molecular formula is C18H30N2. The van der Waals surface area contributed by atoms with Gasteiger partial charge in [0.25, 0.3) is 0 Å². The Balaban J connectivity index is 1.97. The van der Waals surface area contributed by atoms with E-state index < -0.39 is 0 Å². The van der Waals surface area contributed by atoms with E-state index in [1.165, 1.54) is 55.5 Å². The molecule has 1 aromatic rings. The molecule has 1 heterocycles. The molecule has 0 radical (unpaired) electrons. The summed E-state index contributed by atoms with van der Waals surface area (Å²) in [5, 5.41) is 3.50. The van der Waals surface area contributed by atoms with Crippen molar-refractivity contribution in [2.75, 3.05) is 20.1 Å². The SMILES string of the molecule is CNC(CCN1CCCCC1C)c1cc(C)cc(C)c1. The average molecular weight is 274 g/mol. The zero-order valence-corrected chi connectivity index (χ0v) is 13.6. The maximum absolute atomic E-state index is 3.50. The van der Waals surface area contributed by atoms with Crippen LogP contribution >= 0.6 is 0 Å². The molecule has 0 bridgehead atoms. The Kier molecular flexibility index (Phi) is 5.62. The monoisotopic (exact) mass is 274 g/mol. The predicted molar refractivity (Wildman–Crippen MR) is 87.2 cm³/mol. The molecule has 1 saturated heterocycles. The summed E-state index contributed by atoms with van der Waals surface area (Å²) in [4.78, 5) is 2.66. The zero-order valence-electron chi connectivity index (χ0n) is 13.6. The molecule has 112 valence electrons. The van der Waals surface area contributed by atoms with Crippen LogP contribution in [0.15, 0.2) is 18.2 Å². The van der Waals surface area contributed by atoms with Crippen molar-refractivity contribution in [2.45, 2.75) is 58.5 Å². The quantitative estimate of drug-likeness (QED) is 0.878. The van der Waals surface area contributed by atoms with Gasteiger partial charge in [-0.2, -0.15) is 0 Å². The Hall–Kier alpha value is -0.860. The molecule has 1 N–H and O–H groups in total. The minimum Gasteiger partial charge on any atom is -0.313 e. The minimum atomic E-state index is 0.475. The van der Waals surface area contributed by atoms with Crippen molar-refractivity contribution in [3.05, 3.63) is 34.9 Å². The Bertz CT molecular complexity index is 407. The molecule has 0 amide bonds. The number of benzene rings is 1. The van der Waals surface area contributed by atoms with Crippen LogP contribution in [0.3, 0.4) is 0 Å². The second kappa shape index (κ2) is 7.24. The highest BCUT2D eigenvalue weighted by molar-refractivity contribution is 5.30. The molecule has 0 aliphatic carbocycles. The lowest BCUT2D eigenvalue weighted by atomic mass is 9.97. The Morgan fingerprint density at radius 2 is 1.90 bits per heavy atom. The van der Waals surface area contributed by atoms with Crippen molar-refractivity contribution < 1.29 is 0 Å². The molecule has 20 heavy (non-hydrogen) atoms. The normalized spacial score (nSPS) is 21.9. The van der Waals surface area contributed by atoms with Crippen LogP contribution < -0.4 is 5.32 Å². The van der Waals surface area contributed by atoms with Crippen molar-refractivity contribution >= 4 is 0 Å². The largest absolute Gasteiger partial charge is 0.313 e. The molecule has 2 rings (SSSR count). The van der Waals surface area contributed by atoms with Crippen LogP contribution in [-0.4, -0.2) is 31.1 Å². The molecule has 0 spiro atoms. The van der Waals surface area contributed by atoms with Crippen molar-refractivity contribution in [1.29, 1.82) is 0 Å². The van der Waals surface area contributed by atoms with Gasteiger partial charge in [-0.3, -0.25) is 0 Å². The molecule has 2 heteroatoms. The van der Waals surface area contributed by atoms with Gasteiger partial charge in [-0.1, -0.05) is 35.7 Å². The minimum absolute atomic E-state index is 0.475. The Morgan fingerprint density at radius 1 is 1.20 bits per heavy atom. The topological polar surface area (TPSA) is 15.3 Å². The van der Waals surface area contributed by atoms with Gasteiger partial charge in [-0.25, -0.2) is 0 Å². The zero-order chi connectivity index (χ0) is 14.5. The summed E-state index contributed by atoms with van der Waals surface area (Å²) in [6.45, 7) is 9.25. The summed E-state index contributed by atoms with van der Waals surface area (Å²) < 4.78 is 0. The van der Waals surface area contributed by atoms with E-state index >= 15 is 0 Å². The molecule has 2 nitrogen and oxygen atoms in total. The van der Waals surface area contributed by atoms with E-state index in [9.17, 15) is 0 Å². The molecule has 2 unspecified atom stereocenters. The van der Waals surface area contributed by atoms with Crippen LogP contribution in [0, 0.1) is 13.8 Å². The van der Waals surface area contributed by atoms with Gasteiger partial charge in [0.05, 0.1) is 0 Å². The fourth-order valence-corrected chi connectivity index (χ4v) is 3.47. The number of nitrogens with one attached hydrogen (secondary N) is 1. The number of hydrogen-bond acceptors (Lipinski definition) is 2. The van der Waals surface area contributed by atoms with Crippen molar-refractivity contribution in [3.63, 3.8) is 0 Å². The summed E-state index contributed by atoms with van der Waals surface area (Å²) >= 11 is 0. The Morgan fingerprint density at radius 3 is 2.50 bits per heavy atom. The number of piperidine rings is 1. The average Bonchev–Trinajstić information content (AvgIpc) is 2.40. The van der Waals surface area contributed by atoms with Gasteiger partial charge in [-0.05, 0) is 59.2 Å². The van der Waals surface area contributed by atoms with E-state index in [2.05, 4.69) is 56.2 Å². The van der Waals surface area contributed by atoms with Gasteiger partial charge in [0, 0.05) is 18.6 Å². The molecule has 1 aromatic carbocycles. The van der Waals surface area contributed by atoms with Crippen molar-refractivity contribution in [3.8, 4) is 0 Å². The number of likely N-dealkylation sites (tertiary alicyclic amines) is 1. The molecule has 0 saturated carbocycles. The first kappa shape index (κ1) is 15.5. The molecule has 2 atom stereocenters. The van der Waals surface area contributed by atoms with E-state index in [1.807, 2.05) is 0 Å². The first-order valence-electron chi connectivity index (χ1n) is 8.09. The molecule has 1 fully saturated rings. The van der Waals surface area contributed by atoms with E-state index in [-0.39, 0.29) is 0 Å². The highest BCUT2D eigenvalue weighted by Crippen LogP contribution is 2.22. The maximum Gasteiger partial charge on any atom is 0.0329 e. The van der Waals surface area contributed by atoms with E-state index in [4.69, 9.17) is 0 Å². The first-order chi connectivity index (χ1) is 9.60. The third kappa shape index (κ3) is 4.07. The predicted octanol–water partition coefficient (Wildman–Crippen LogP) is 3.83. The lowest BCUT2D eigenvalue weighted by Crippen LogP contribution is -2.39. The van der Waals surface area contributed by atoms with E-state index in [1.54, 1.807) is 0 Å². The van der Waals surface area contributed by atoms with Gasteiger partial charge < -0.3 is 10.2 Å². The number of hydrogen-bond donors (Lipinski definition) is 1. The third-order valence-electron chi connectivity index (χ3n) is 4.64. The van der Waals surface area contributed by atoms with Crippen LogP contribution in [0.5, 0.6) is 0 Å². The van der Waals surface area contributed by atoms with Gasteiger partial charge in [0.2, 0.25) is 0 Å². The first-order valence-corrected chi connectivity index (χ1v) is 8.09. The molecule has 1 aliphatic heterocycles. The molecule has 1 aliphatic rings. The van der Waals surface area contributed by atoms with Crippen LogP contribution in [-0.2, 0) is 0 Å². The van der Waals surface area contributed by atoms with Crippen LogP contribution in [0.1, 0.15) is 55.3 Å².